The summed E-state index contributed by atoms with van der Waals surface area (Å²) < 4.78 is 6.02. The number of thiazole rings is 1. The van der Waals surface area contributed by atoms with Crippen LogP contribution in [0, 0.1) is 2.88 Å². The van der Waals surface area contributed by atoms with Gasteiger partial charge in [-0.15, -0.1) is 11.3 Å². The summed E-state index contributed by atoms with van der Waals surface area (Å²) in [5.74, 6) is 0.560. The molecule has 0 bridgehead atoms. The number of nitrogens with zero attached hydrogens (tertiary/aromatic N) is 1. The van der Waals surface area contributed by atoms with Gasteiger partial charge >= 0.3 is 6.09 Å². The monoisotopic (exact) mass is 326 g/mol. The number of hydrogen-bond acceptors (Lipinski definition) is 4. The number of halogens is 1. The molecule has 1 aromatic rings. The Morgan fingerprint density at radius 2 is 2.29 bits per heavy atom. The maximum absolute atomic E-state index is 11.3. The van der Waals surface area contributed by atoms with Crippen molar-refractivity contribution in [1.29, 1.82) is 0 Å². The van der Waals surface area contributed by atoms with Crippen LogP contribution in [-0.2, 0) is 4.74 Å². The zero-order valence-electron chi connectivity index (χ0n) is 8.13. The fourth-order valence-electron chi connectivity index (χ4n) is 0.714. The first kappa shape index (κ1) is 11.7. The third-order valence-electron chi connectivity index (χ3n) is 1.14. The lowest BCUT2D eigenvalue weighted by Gasteiger charge is -2.19. The molecule has 0 aliphatic heterocycles. The molecule has 0 unspecified atom stereocenters. The first-order chi connectivity index (χ1) is 6.38. The van der Waals surface area contributed by atoms with Crippen LogP contribution < -0.4 is 5.32 Å². The zero-order chi connectivity index (χ0) is 10.8. The summed E-state index contributed by atoms with van der Waals surface area (Å²) in [6.07, 6.45) is -0.471. The van der Waals surface area contributed by atoms with Crippen molar-refractivity contribution < 1.29 is 9.53 Å². The SMILES string of the molecule is CC(C)(C)OC(=O)Nc1ncsc1I. The van der Waals surface area contributed by atoms with E-state index in [9.17, 15) is 4.79 Å². The summed E-state index contributed by atoms with van der Waals surface area (Å²) in [7, 11) is 0. The Hall–Kier alpha value is -0.370. The van der Waals surface area contributed by atoms with Crippen molar-refractivity contribution in [2.75, 3.05) is 5.32 Å². The molecule has 14 heavy (non-hydrogen) atoms. The van der Waals surface area contributed by atoms with Gasteiger partial charge in [-0.3, -0.25) is 5.32 Å². The predicted molar refractivity (Wildman–Crippen MR) is 64.7 cm³/mol. The molecule has 1 amide bonds. The third kappa shape index (κ3) is 3.79. The molecule has 1 rings (SSSR count). The maximum Gasteiger partial charge on any atom is 0.413 e. The Balaban J connectivity index is 2.54. The molecule has 4 nitrogen and oxygen atoms in total. The number of rotatable bonds is 1. The molecule has 0 saturated heterocycles. The first-order valence-corrected chi connectivity index (χ1v) is 5.93. The van der Waals surface area contributed by atoms with Gasteiger partial charge in [0, 0.05) is 0 Å². The number of anilines is 1. The summed E-state index contributed by atoms with van der Waals surface area (Å²) in [5.41, 5.74) is 1.19. The van der Waals surface area contributed by atoms with Crippen molar-refractivity contribution >= 4 is 45.8 Å². The van der Waals surface area contributed by atoms with Crippen molar-refractivity contribution in [1.82, 2.24) is 4.98 Å². The van der Waals surface area contributed by atoms with Gasteiger partial charge in [-0.05, 0) is 43.4 Å². The van der Waals surface area contributed by atoms with Gasteiger partial charge in [0.1, 0.15) is 8.48 Å². The van der Waals surface area contributed by atoms with E-state index >= 15 is 0 Å². The molecule has 6 heteroatoms. The van der Waals surface area contributed by atoms with Crippen molar-refractivity contribution in [2.45, 2.75) is 26.4 Å². The lowest BCUT2D eigenvalue weighted by atomic mass is 10.2. The van der Waals surface area contributed by atoms with Gasteiger partial charge in [-0.1, -0.05) is 0 Å². The Kier molecular flexibility index (Phi) is 3.71. The van der Waals surface area contributed by atoms with E-state index in [1.807, 2.05) is 20.8 Å². The quantitative estimate of drug-likeness (QED) is 0.807. The van der Waals surface area contributed by atoms with Crippen molar-refractivity contribution in [3.63, 3.8) is 0 Å². The van der Waals surface area contributed by atoms with Gasteiger partial charge < -0.3 is 4.74 Å². The highest BCUT2D eigenvalue weighted by atomic mass is 127. The van der Waals surface area contributed by atoms with Crippen LogP contribution >= 0.6 is 33.9 Å². The molecule has 0 fully saturated rings. The van der Waals surface area contributed by atoms with Crippen LogP contribution in [0.4, 0.5) is 10.6 Å². The van der Waals surface area contributed by atoms with Crippen LogP contribution in [0.5, 0.6) is 0 Å². The van der Waals surface area contributed by atoms with Crippen LogP contribution in [0.1, 0.15) is 20.8 Å². The minimum atomic E-state index is -0.481. The molecule has 1 aromatic heterocycles. The van der Waals surface area contributed by atoms with Gasteiger partial charge in [-0.2, -0.15) is 0 Å². The summed E-state index contributed by atoms with van der Waals surface area (Å²) in [4.78, 5) is 15.3. The van der Waals surface area contributed by atoms with Crippen LogP contribution in [0.15, 0.2) is 5.51 Å². The van der Waals surface area contributed by atoms with Crippen LogP contribution in [0.3, 0.4) is 0 Å². The van der Waals surface area contributed by atoms with E-state index in [1.54, 1.807) is 5.51 Å². The van der Waals surface area contributed by atoms with E-state index in [0.29, 0.717) is 5.82 Å². The fraction of sp³-hybridized carbons (Fsp3) is 0.500. The summed E-state index contributed by atoms with van der Waals surface area (Å²) >= 11 is 3.58. The number of carbonyl (C=O) groups excluding carboxylic acids is 1. The Labute approximate surface area is 100 Å². The Bertz CT molecular complexity index is 332. The van der Waals surface area contributed by atoms with Crippen LogP contribution in [-0.4, -0.2) is 16.7 Å². The molecular weight excluding hydrogens is 315 g/mol. The molecule has 0 aliphatic rings. The Morgan fingerprint density at radius 1 is 1.64 bits per heavy atom. The molecule has 0 saturated carbocycles. The normalized spacial score (nSPS) is 11.1. The average molecular weight is 326 g/mol. The standard InChI is InChI=1S/C8H11IN2O2S/c1-8(2,3)13-7(12)11-6-5(9)14-4-10-6/h4H,1-3H3,(H,11,12). The second-order valence-corrected chi connectivity index (χ2v) is 6.27. The predicted octanol–water partition coefficient (Wildman–Crippen LogP) is 3.09. The molecule has 0 aliphatic carbocycles. The minimum Gasteiger partial charge on any atom is -0.444 e. The van der Waals surface area contributed by atoms with Gasteiger partial charge in [0.2, 0.25) is 0 Å². The smallest absolute Gasteiger partial charge is 0.413 e. The van der Waals surface area contributed by atoms with E-state index in [-0.39, 0.29) is 0 Å². The Morgan fingerprint density at radius 3 is 2.71 bits per heavy atom. The largest absolute Gasteiger partial charge is 0.444 e. The van der Waals surface area contributed by atoms with Gasteiger partial charge in [0.05, 0.1) is 5.51 Å². The highest BCUT2D eigenvalue weighted by Crippen LogP contribution is 2.21. The number of carbonyl (C=O) groups is 1. The lowest BCUT2D eigenvalue weighted by Crippen LogP contribution is -2.27. The topological polar surface area (TPSA) is 51.2 Å². The molecule has 0 radical (unpaired) electrons. The molecular formula is C8H11IN2O2S. The minimum absolute atomic E-state index is 0.471. The molecule has 0 spiro atoms. The second kappa shape index (κ2) is 4.43. The molecule has 1 heterocycles. The van der Waals surface area contributed by atoms with Gasteiger partial charge in [-0.25, -0.2) is 9.78 Å². The van der Waals surface area contributed by atoms with E-state index < -0.39 is 11.7 Å². The van der Waals surface area contributed by atoms with Crippen LogP contribution in [0.25, 0.3) is 0 Å². The van der Waals surface area contributed by atoms with Crippen molar-refractivity contribution in [3.05, 3.63) is 8.39 Å². The van der Waals surface area contributed by atoms with E-state index in [2.05, 4.69) is 32.9 Å². The highest BCUT2D eigenvalue weighted by Gasteiger charge is 2.17. The summed E-state index contributed by atoms with van der Waals surface area (Å²) in [5, 5.41) is 2.58. The average Bonchev–Trinajstić information content (AvgIpc) is 2.32. The van der Waals surface area contributed by atoms with Crippen molar-refractivity contribution in [3.8, 4) is 0 Å². The lowest BCUT2D eigenvalue weighted by molar-refractivity contribution is 0.0635. The number of amides is 1. The third-order valence-corrected chi connectivity index (χ3v) is 3.03. The number of aromatic nitrogens is 1. The van der Waals surface area contributed by atoms with E-state index in [4.69, 9.17) is 4.74 Å². The number of nitrogens with one attached hydrogen (secondary N) is 1. The number of ether oxygens (including phenoxy) is 1. The molecule has 0 aromatic carbocycles. The maximum atomic E-state index is 11.3. The van der Waals surface area contributed by atoms with Gasteiger partial charge in [0.25, 0.3) is 0 Å². The van der Waals surface area contributed by atoms with Crippen LogP contribution in [0.2, 0.25) is 0 Å². The molecule has 1 N–H and O–H groups in total. The zero-order valence-corrected chi connectivity index (χ0v) is 11.1. The second-order valence-electron chi connectivity index (χ2n) is 3.60. The van der Waals surface area contributed by atoms with E-state index in [0.717, 1.165) is 2.88 Å². The number of hydrogen-bond donors (Lipinski definition) is 1. The molecule has 0 atom stereocenters. The molecule has 78 valence electrons. The summed E-state index contributed by atoms with van der Waals surface area (Å²) in [6, 6.07) is 0. The van der Waals surface area contributed by atoms with E-state index in [1.165, 1.54) is 11.3 Å². The summed E-state index contributed by atoms with van der Waals surface area (Å²) in [6.45, 7) is 5.45. The van der Waals surface area contributed by atoms with Crippen molar-refractivity contribution in [2.24, 2.45) is 0 Å². The fourth-order valence-corrected chi connectivity index (χ4v) is 1.79. The highest BCUT2D eigenvalue weighted by molar-refractivity contribution is 14.1. The first-order valence-electron chi connectivity index (χ1n) is 3.97. The van der Waals surface area contributed by atoms with Gasteiger partial charge in [0.15, 0.2) is 5.82 Å².